The minimum absolute atomic E-state index is 0.000923. The predicted octanol–water partition coefficient (Wildman–Crippen LogP) is 3.84. The summed E-state index contributed by atoms with van der Waals surface area (Å²) in [7, 11) is 0. The first-order valence-electron chi connectivity index (χ1n) is 10.9. The summed E-state index contributed by atoms with van der Waals surface area (Å²) in [5, 5.41) is 25.8. The van der Waals surface area contributed by atoms with Crippen LogP contribution in [-0.4, -0.2) is 39.0 Å². The molecule has 2 fully saturated rings. The molecular formula is C25H28N2O4. The molecule has 1 saturated carbocycles. The van der Waals surface area contributed by atoms with Crippen molar-refractivity contribution < 1.29 is 19.7 Å². The molecule has 1 aliphatic heterocycles. The van der Waals surface area contributed by atoms with Gasteiger partial charge in [-0.15, -0.1) is 0 Å². The summed E-state index contributed by atoms with van der Waals surface area (Å²) < 4.78 is 13.6. The van der Waals surface area contributed by atoms with Gasteiger partial charge in [-0.2, -0.15) is 5.10 Å². The SMILES string of the molecule is Cc1ccccc1-c1cc(C2(O)CCC3(CC2)OCCO3)nn1-c1ccc(CO)cc1. The number of benzene rings is 2. The number of aryl methyl sites for hydroxylation is 1. The Morgan fingerprint density at radius 1 is 0.968 bits per heavy atom. The van der Waals surface area contributed by atoms with E-state index in [1.54, 1.807) is 0 Å². The Kier molecular flexibility index (Phi) is 5.18. The van der Waals surface area contributed by atoms with E-state index in [1.807, 2.05) is 47.1 Å². The third-order valence-electron chi connectivity index (χ3n) is 6.62. The molecule has 0 bridgehead atoms. The van der Waals surface area contributed by atoms with Gasteiger partial charge in [-0.3, -0.25) is 0 Å². The zero-order valence-electron chi connectivity index (χ0n) is 17.8. The van der Waals surface area contributed by atoms with E-state index >= 15 is 0 Å². The molecule has 2 aromatic carbocycles. The molecule has 1 saturated heterocycles. The van der Waals surface area contributed by atoms with Crippen LogP contribution in [0.2, 0.25) is 0 Å². The Labute approximate surface area is 182 Å². The lowest BCUT2D eigenvalue weighted by molar-refractivity contribution is -0.204. The normalized spacial score (nSPS) is 19.7. The zero-order valence-corrected chi connectivity index (χ0v) is 17.8. The molecule has 6 nitrogen and oxygen atoms in total. The number of hydrogen-bond donors (Lipinski definition) is 2. The van der Waals surface area contributed by atoms with Gasteiger partial charge in [0.25, 0.3) is 0 Å². The molecule has 5 rings (SSSR count). The second-order valence-electron chi connectivity index (χ2n) is 8.61. The van der Waals surface area contributed by atoms with Crippen LogP contribution in [-0.2, 0) is 21.7 Å². The quantitative estimate of drug-likeness (QED) is 0.671. The van der Waals surface area contributed by atoms with Gasteiger partial charge < -0.3 is 19.7 Å². The summed E-state index contributed by atoms with van der Waals surface area (Å²) >= 11 is 0. The predicted molar refractivity (Wildman–Crippen MR) is 117 cm³/mol. The summed E-state index contributed by atoms with van der Waals surface area (Å²) in [6.07, 6.45) is 2.39. The molecule has 2 heterocycles. The molecule has 31 heavy (non-hydrogen) atoms. The third-order valence-corrected chi connectivity index (χ3v) is 6.62. The summed E-state index contributed by atoms with van der Waals surface area (Å²) in [5.74, 6) is -0.534. The maximum Gasteiger partial charge on any atom is 0.168 e. The van der Waals surface area contributed by atoms with Crippen molar-refractivity contribution in [3.63, 3.8) is 0 Å². The average molecular weight is 421 g/mol. The fourth-order valence-electron chi connectivity index (χ4n) is 4.69. The number of hydrogen-bond acceptors (Lipinski definition) is 5. The first kappa shape index (κ1) is 20.4. The zero-order chi connectivity index (χ0) is 21.5. The van der Waals surface area contributed by atoms with Crippen molar-refractivity contribution in [3.8, 4) is 16.9 Å². The van der Waals surface area contributed by atoms with E-state index in [-0.39, 0.29) is 6.61 Å². The molecule has 6 heteroatoms. The van der Waals surface area contributed by atoms with Crippen LogP contribution in [0, 0.1) is 6.92 Å². The van der Waals surface area contributed by atoms with E-state index in [2.05, 4.69) is 19.1 Å². The van der Waals surface area contributed by atoms with Crippen LogP contribution < -0.4 is 0 Å². The number of aliphatic hydroxyl groups excluding tert-OH is 1. The minimum Gasteiger partial charge on any atom is -0.392 e. The highest BCUT2D eigenvalue weighted by Gasteiger charge is 2.47. The van der Waals surface area contributed by atoms with Gasteiger partial charge in [0.15, 0.2) is 5.79 Å². The van der Waals surface area contributed by atoms with Crippen molar-refractivity contribution in [1.82, 2.24) is 9.78 Å². The first-order chi connectivity index (χ1) is 15.0. The van der Waals surface area contributed by atoms with Crippen molar-refractivity contribution in [3.05, 3.63) is 71.4 Å². The van der Waals surface area contributed by atoms with E-state index < -0.39 is 11.4 Å². The molecule has 3 aromatic rings. The van der Waals surface area contributed by atoms with E-state index in [0.717, 1.165) is 28.1 Å². The molecule has 2 N–H and O–H groups in total. The van der Waals surface area contributed by atoms with Gasteiger partial charge >= 0.3 is 0 Å². The fourth-order valence-corrected chi connectivity index (χ4v) is 4.69. The highest BCUT2D eigenvalue weighted by molar-refractivity contribution is 5.66. The fraction of sp³-hybridized carbons (Fsp3) is 0.400. The highest BCUT2D eigenvalue weighted by Crippen LogP contribution is 2.45. The van der Waals surface area contributed by atoms with Gasteiger partial charge in [0.1, 0.15) is 5.60 Å². The lowest BCUT2D eigenvalue weighted by atomic mass is 9.79. The number of aliphatic hydroxyl groups is 2. The number of ether oxygens (including phenoxy) is 2. The largest absolute Gasteiger partial charge is 0.392 e. The summed E-state index contributed by atoms with van der Waals surface area (Å²) in [6.45, 7) is 3.32. The van der Waals surface area contributed by atoms with E-state index in [1.165, 1.54) is 0 Å². The molecule has 162 valence electrons. The summed E-state index contributed by atoms with van der Waals surface area (Å²) in [4.78, 5) is 0. The van der Waals surface area contributed by atoms with Gasteiger partial charge in [0.05, 0.1) is 36.9 Å². The Morgan fingerprint density at radius 3 is 2.29 bits per heavy atom. The maximum atomic E-state index is 11.5. The average Bonchev–Trinajstić information content (AvgIpc) is 3.45. The Morgan fingerprint density at radius 2 is 1.65 bits per heavy atom. The Bertz CT molecular complexity index is 1060. The monoisotopic (exact) mass is 420 g/mol. The standard InChI is InChI=1S/C25H28N2O4/c1-18-4-2-3-5-21(18)22-16-23(26-27(22)20-8-6-19(17-28)7-9-20)24(29)10-12-25(13-11-24)30-14-15-31-25/h2-9,16,28-29H,10-15,17H2,1H3. The highest BCUT2D eigenvalue weighted by atomic mass is 16.7. The number of nitrogens with zero attached hydrogens (tertiary/aromatic N) is 2. The van der Waals surface area contributed by atoms with Crippen LogP contribution in [0.15, 0.2) is 54.6 Å². The van der Waals surface area contributed by atoms with Crippen LogP contribution in [0.3, 0.4) is 0 Å². The van der Waals surface area contributed by atoms with Crippen LogP contribution >= 0.6 is 0 Å². The maximum absolute atomic E-state index is 11.5. The Hall–Kier alpha value is -2.51. The lowest BCUT2D eigenvalue weighted by Gasteiger charge is -2.39. The minimum atomic E-state index is -1.02. The lowest BCUT2D eigenvalue weighted by Crippen LogP contribution is -2.42. The van der Waals surface area contributed by atoms with Crippen LogP contribution in [0.4, 0.5) is 0 Å². The van der Waals surface area contributed by atoms with Gasteiger partial charge in [-0.25, -0.2) is 4.68 Å². The molecule has 0 unspecified atom stereocenters. The molecule has 1 aliphatic carbocycles. The summed E-state index contributed by atoms with van der Waals surface area (Å²) in [5.41, 5.74) is 4.54. The van der Waals surface area contributed by atoms with Gasteiger partial charge in [-0.1, -0.05) is 36.4 Å². The van der Waals surface area contributed by atoms with Crippen LogP contribution in [0.5, 0.6) is 0 Å². The second kappa shape index (κ2) is 7.88. The van der Waals surface area contributed by atoms with Crippen LogP contribution in [0.1, 0.15) is 42.5 Å². The second-order valence-corrected chi connectivity index (χ2v) is 8.61. The molecule has 0 radical (unpaired) electrons. The van der Waals surface area contributed by atoms with Gasteiger partial charge in [0.2, 0.25) is 0 Å². The van der Waals surface area contributed by atoms with E-state index in [4.69, 9.17) is 14.6 Å². The van der Waals surface area contributed by atoms with Crippen molar-refractivity contribution in [2.75, 3.05) is 13.2 Å². The molecule has 0 atom stereocenters. The van der Waals surface area contributed by atoms with Crippen LogP contribution in [0.25, 0.3) is 16.9 Å². The molecule has 2 aliphatic rings. The molecule has 1 aromatic heterocycles. The van der Waals surface area contributed by atoms with E-state index in [0.29, 0.717) is 44.6 Å². The molecular weight excluding hydrogens is 392 g/mol. The first-order valence-corrected chi connectivity index (χ1v) is 10.9. The molecule has 1 spiro atoms. The topological polar surface area (TPSA) is 76.7 Å². The summed E-state index contributed by atoms with van der Waals surface area (Å²) in [6, 6.07) is 17.9. The third kappa shape index (κ3) is 3.70. The molecule has 0 amide bonds. The van der Waals surface area contributed by atoms with Crippen molar-refractivity contribution >= 4 is 0 Å². The Balaban J connectivity index is 1.55. The van der Waals surface area contributed by atoms with E-state index in [9.17, 15) is 10.2 Å². The smallest absolute Gasteiger partial charge is 0.168 e. The number of aromatic nitrogens is 2. The van der Waals surface area contributed by atoms with Crippen molar-refractivity contribution in [2.24, 2.45) is 0 Å². The van der Waals surface area contributed by atoms with Crippen molar-refractivity contribution in [2.45, 2.75) is 50.6 Å². The van der Waals surface area contributed by atoms with Gasteiger partial charge in [-0.05, 0) is 49.1 Å². The number of rotatable bonds is 4. The van der Waals surface area contributed by atoms with Crippen molar-refractivity contribution in [1.29, 1.82) is 0 Å². The van der Waals surface area contributed by atoms with Gasteiger partial charge in [0, 0.05) is 18.4 Å².